The summed E-state index contributed by atoms with van der Waals surface area (Å²) in [6.07, 6.45) is 0. The van der Waals surface area contributed by atoms with Gasteiger partial charge in [0.2, 0.25) is 5.91 Å². The van der Waals surface area contributed by atoms with Crippen molar-refractivity contribution < 1.29 is 9.18 Å². The SMILES string of the molecule is O=C(CSc1nc2scc(-c3ccc(F)cc3)c2c(=O)[nH]1)Nc1c(Cl)cccc1Cl. The lowest BCUT2D eigenvalue weighted by atomic mass is 10.1. The number of para-hydroxylation sites is 1. The number of hydrogen-bond donors (Lipinski definition) is 2. The summed E-state index contributed by atoms with van der Waals surface area (Å²) >= 11 is 14.5. The molecule has 4 rings (SSSR count). The Hall–Kier alpha value is -2.39. The molecule has 0 saturated carbocycles. The molecule has 0 fully saturated rings. The largest absolute Gasteiger partial charge is 0.323 e. The number of thioether (sulfide) groups is 1. The Labute approximate surface area is 188 Å². The Balaban J connectivity index is 1.52. The molecule has 0 saturated heterocycles. The lowest BCUT2D eigenvalue weighted by Gasteiger charge is -2.08. The Morgan fingerprint density at radius 3 is 2.57 bits per heavy atom. The topological polar surface area (TPSA) is 74.8 Å². The molecule has 0 atom stereocenters. The lowest BCUT2D eigenvalue weighted by molar-refractivity contribution is -0.113. The third kappa shape index (κ3) is 4.37. The van der Waals surface area contributed by atoms with Crippen molar-refractivity contribution in [3.63, 3.8) is 0 Å². The van der Waals surface area contributed by atoms with E-state index < -0.39 is 0 Å². The molecule has 10 heteroatoms. The van der Waals surface area contributed by atoms with Crippen molar-refractivity contribution in [2.75, 3.05) is 11.1 Å². The van der Waals surface area contributed by atoms with E-state index in [1.54, 1.807) is 35.7 Å². The molecule has 1 amide bonds. The van der Waals surface area contributed by atoms with Crippen LogP contribution in [-0.2, 0) is 4.79 Å². The number of thiophene rings is 1. The Morgan fingerprint density at radius 2 is 1.87 bits per heavy atom. The lowest BCUT2D eigenvalue weighted by Crippen LogP contribution is -2.16. The van der Waals surface area contributed by atoms with Crippen LogP contribution in [0.3, 0.4) is 0 Å². The maximum atomic E-state index is 13.2. The van der Waals surface area contributed by atoms with Crippen LogP contribution in [0.1, 0.15) is 0 Å². The number of rotatable bonds is 5. The molecule has 2 heterocycles. The van der Waals surface area contributed by atoms with Crippen molar-refractivity contribution in [2.24, 2.45) is 0 Å². The first-order valence-corrected chi connectivity index (χ1v) is 11.2. The average molecular weight is 480 g/mol. The fraction of sp³-hybridized carbons (Fsp3) is 0.0500. The normalized spacial score (nSPS) is 11.0. The van der Waals surface area contributed by atoms with Gasteiger partial charge in [0.15, 0.2) is 5.16 Å². The zero-order valence-corrected chi connectivity index (χ0v) is 18.2. The van der Waals surface area contributed by atoms with Gasteiger partial charge in [-0.15, -0.1) is 11.3 Å². The molecule has 0 unspecified atom stereocenters. The summed E-state index contributed by atoms with van der Waals surface area (Å²) in [5.41, 5.74) is 1.43. The van der Waals surface area contributed by atoms with E-state index in [1.165, 1.54) is 23.5 Å². The van der Waals surface area contributed by atoms with E-state index in [-0.39, 0.29) is 23.0 Å². The van der Waals surface area contributed by atoms with Gasteiger partial charge in [-0.3, -0.25) is 9.59 Å². The van der Waals surface area contributed by atoms with Gasteiger partial charge in [0, 0.05) is 10.9 Å². The van der Waals surface area contributed by atoms with Crippen LogP contribution < -0.4 is 10.9 Å². The van der Waals surface area contributed by atoms with Crippen LogP contribution >= 0.6 is 46.3 Å². The molecule has 0 bridgehead atoms. The number of carbonyl (C=O) groups is 1. The summed E-state index contributed by atoms with van der Waals surface area (Å²) in [6.45, 7) is 0. The number of aromatic nitrogens is 2. The van der Waals surface area contributed by atoms with Crippen LogP contribution in [0.25, 0.3) is 21.3 Å². The van der Waals surface area contributed by atoms with Crippen LogP contribution in [0.5, 0.6) is 0 Å². The minimum Gasteiger partial charge on any atom is -0.323 e. The second-order valence-corrected chi connectivity index (χ2v) is 8.78. The van der Waals surface area contributed by atoms with Crippen molar-refractivity contribution in [1.29, 1.82) is 0 Å². The number of amides is 1. The molecule has 2 aromatic heterocycles. The van der Waals surface area contributed by atoms with Gasteiger partial charge in [-0.1, -0.05) is 53.2 Å². The van der Waals surface area contributed by atoms with Crippen LogP contribution in [0.4, 0.5) is 10.1 Å². The zero-order valence-electron chi connectivity index (χ0n) is 15.0. The second-order valence-electron chi connectivity index (χ2n) is 6.14. The van der Waals surface area contributed by atoms with Crippen LogP contribution in [0.15, 0.2) is 57.8 Å². The fourth-order valence-electron chi connectivity index (χ4n) is 2.77. The molecule has 0 aliphatic carbocycles. The summed E-state index contributed by atoms with van der Waals surface area (Å²) in [7, 11) is 0. The molecule has 0 radical (unpaired) electrons. The van der Waals surface area contributed by atoms with Gasteiger partial charge in [-0.2, -0.15) is 0 Å². The van der Waals surface area contributed by atoms with Crippen molar-refractivity contribution >= 4 is 68.1 Å². The number of aromatic amines is 1. The molecule has 5 nitrogen and oxygen atoms in total. The van der Waals surface area contributed by atoms with Crippen molar-refractivity contribution in [1.82, 2.24) is 9.97 Å². The minimum absolute atomic E-state index is 0.00614. The van der Waals surface area contributed by atoms with Crippen LogP contribution in [0, 0.1) is 5.82 Å². The molecule has 30 heavy (non-hydrogen) atoms. The Bertz CT molecular complexity index is 1290. The number of halogens is 3. The van der Waals surface area contributed by atoms with Gasteiger partial charge in [-0.05, 0) is 29.8 Å². The van der Waals surface area contributed by atoms with Gasteiger partial charge in [0.25, 0.3) is 5.56 Å². The van der Waals surface area contributed by atoms with E-state index in [4.69, 9.17) is 23.2 Å². The first-order valence-electron chi connectivity index (χ1n) is 8.56. The summed E-state index contributed by atoms with van der Waals surface area (Å²) in [5.74, 6) is -0.678. The van der Waals surface area contributed by atoms with E-state index in [0.29, 0.717) is 36.7 Å². The number of H-pyrrole nitrogens is 1. The van der Waals surface area contributed by atoms with E-state index in [9.17, 15) is 14.0 Å². The summed E-state index contributed by atoms with van der Waals surface area (Å²) < 4.78 is 13.2. The number of fused-ring (bicyclic) bond motifs is 1. The van der Waals surface area contributed by atoms with E-state index >= 15 is 0 Å². The number of carbonyl (C=O) groups excluding carboxylic acids is 1. The third-order valence-electron chi connectivity index (χ3n) is 4.14. The standard InChI is InChI=1S/C20H12Cl2FN3O2S2/c21-13-2-1-3-14(22)17(13)24-15(27)9-30-20-25-18(28)16-12(8-29-19(16)26-20)10-4-6-11(23)7-5-10/h1-8H,9H2,(H,24,27)(H,25,26,28). The van der Waals surface area contributed by atoms with E-state index in [0.717, 1.165) is 17.3 Å². The summed E-state index contributed by atoms with van der Waals surface area (Å²) in [4.78, 5) is 32.6. The summed E-state index contributed by atoms with van der Waals surface area (Å²) in [5, 5.41) is 5.89. The van der Waals surface area contributed by atoms with Gasteiger partial charge in [-0.25, -0.2) is 9.37 Å². The molecule has 4 aromatic rings. The third-order valence-corrected chi connectivity index (χ3v) is 6.52. The highest BCUT2D eigenvalue weighted by Crippen LogP contribution is 2.32. The smallest absolute Gasteiger partial charge is 0.260 e. The molecule has 0 aliphatic heterocycles. The first kappa shape index (κ1) is 20.9. The number of anilines is 1. The van der Waals surface area contributed by atoms with E-state index in [1.807, 2.05) is 0 Å². The van der Waals surface area contributed by atoms with Gasteiger partial charge < -0.3 is 10.3 Å². The fourth-order valence-corrected chi connectivity index (χ4v) is 4.92. The molecular weight excluding hydrogens is 468 g/mol. The second kappa shape index (κ2) is 8.77. The molecule has 2 N–H and O–H groups in total. The van der Waals surface area contributed by atoms with Crippen molar-refractivity contribution in [3.05, 3.63) is 74.1 Å². The predicted molar refractivity (Wildman–Crippen MR) is 121 cm³/mol. The highest BCUT2D eigenvalue weighted by molar-refractivity contribution is 7.99. The Morgan fingerprint density at radius 1 is 1.17 bits per heavy atom. The predicted octanol–water partition coefficient (Wildman–Crippen LogP) is 5.83. The van der Waals surface area contributed by atoms with Crippen molar-refractivity contribution in [2.45, 2.75) is 5.16 Å². The molecule has 0 aliphatic rings. The summed E-state index contributed by atoms with van der Waals surface area (Å²) in [6, 6.07) is 10.8. The monoisotopic (exact) mass is 479 g/mol. The number of nitrogens with one attached hydrogen (secondary N) is 2. The van der Waals surface area contributed by atoms with Crippen molar-refractivity contribution in [3.8, 4) is 11.1 Å². The number of benzene rings is 2. The highest BCUT2D eigenvalue weighted by atomic mass is 35.5. The number of hydrogen-bond acceptors (Lipinski definition) is 5. The minimum atomic E-state index is -0.347. The van der Waals surface area contributed by atoms with Crippen LogP contribution in [-0.4, -0.2) is 21.6 Å². The molecule has 0 spiro atoms. The quantitative estimate of drug-likeness (QED) is 0.279. The van der Waals surface area contributed by atoms with Gasteiger partial charge in [0.1, 0.15) is 10.6 Å². The van der Waals surface area contributed by atoms with Gasteiger partial charge in [0.05, 0.1) is 26.9 Å². The maximum absolute atomic E-state index is 13.2. The van der Waals surface area contributed by atoms with Gasteiger partial charge >= 0.3 is 0 Å². The molecular formula is C20H12Cl2FN3O2S2. The zero-order chi connectivity index (χ0) is 21.3. The Kier molecular flexibility index (Phi) is 6.10. The molecule has 2 aromatic carbocycles. The van der Waals surface area contributed by atoms with Crippen LogP contribution in [0.2, 0.25) is 10.0 Å². The maximum Gasteiger partial charge on any atom is 0.260 e. The molecule has 152 valence electrons. The average Bonchev–Trinajstić information content (AvgIpc) is 3.14. The number of nitrogens with zero attached hydrogens (tertiary/aromatic N) is 1. The first-order chi connectivity index (χ1) is 14.4. The van der Waals surface area contributed by atoms with E-state index in [2.05, 4.69) is 15.3 Å². The highest BCUT2D eigenvalue weighted by Gasteiger charge is 2.15.